The van der Waals surface area contributed by atoms with Gasteiger partial charge in [0.05, 0.1) is 25.3 Å². The van der Waals surface area contributed by atoms with Gasteiger partial charge in [-0.05, 0) is 43.2 Å². The predicted molar refractivity (Wildman–Crippen MR) is 102 cm³/mol. The van der Waals surface area contributed by atoms with Gasteiger partial charge in [-0.3, -0.25) is 4.79 Å². The molecule has 0 saturated carbocycles. The van der Waals surface area contributed by atoms with Gasteiger partial charge in [0.15, 0.2) is 0 Å². The van der Waals surface area contributed by atoms with Crippen LogP contribution in [-0.4, -0.2) is 36.7 Å². The number of hydrogen-bond donors (Lipinski definition) is 2. The molecule has 0 spiro atoms. The van der Waals surface area contributed by atoms with Gasteiger partial charge in [0.1, 0.15) is 23.4 Å². The maximum atomic E-state index is 12.6. The minimum atomic E-state index is -0.245. The van der Waals surface area contributed by atoms with Crippen molar-refractivity contribution in [2.75, 3.05) is 26.1 Å². The molecule has 4 rings (SSSR count). The van der Waals surface area contributed by atoms with E-state index >= 15 is 0 Å². The highest BCUT2D eigenvalue weighted by Crippen LogP contribution is 2.29. The fraction of sp³-hybridized carbons (Fsp3) is 0.300. The van der Waals surface area contributed by atoms with Gasteiger partial charge in [-0.25, -0.2) is 4.98 Å². The number of imidazole rings is 1. The smallest absolute Gasteiger partial charge is 0.255 e. The first kappa shape index (κ1) is 17.4. The van der Waals surface area contributed by atoms with E-state index in [1.165, 1.54) is 0 Å². The topological polar surface area (TPSA) is 85.5 Å². The number of nitrogens with zero attached hydrogens (tertiary/aromatic N) is 1. The first-order chi connectivity index (χ1) is 13.2. The minimum absolute atomic E-state index is 0.0275. The molecule has 0 radical (unpaired) electrons. The zero-order chi connectivity index (χ0) is 18.8. The van der Waals surface area contributed by atoms with Crippen molar-refractivity contribution in [3.63, 3.8) is 0 Å². The van der Waals surface area contributed by atoms with Crippen molar-refractivity contribution in [2.24, 2.45) is 0 Å². The third kappa shape index (κ3) is 3.59. The third-order valence-electron chi connectivity index (χ3n) is 4.61. The average Bonchev–Trinajstić information content (AvgIpc) is 3.36. The van der Waals surface area contributed by atoms with Crippen molar-refractivity contribution in [3.05, 3.63) is 47.8 Å². The Balaban J connectivity index is 1.56. The molecule has 1 aliphatic rings. The summed E-state index contributed by atoms with van der Waals surface area (Å²) in [6.07, 6.45) is 2.05. The summed E-state index contributed by atoms with van der Waals surface area (Å²) in [6, 6.07) is 10.6. The van der Waals surface area contributed by atoms with Crippen molar-refractivity contribution in [2.45, 2.75) is 18.9 Å². The van der Waals surface area contributed by atoms with Gasteiger partial charge in [0.25, 0.3) is 5.91 Å². The van der Waals surface area contributed by atoms with Gasteiger partial charge in [0, 0.05) is 23.9 Å². The van der Waals surface area contributed by atoms with Crippen LogP contribution in [0.25, 0.3) is 11.0 Å². The van der Waals surface area contributed by atoms with Gasteiger partial charge < -0.3 is 24.5 Å². The average molecular weight is 367 g/mol. The van der Waals surface area contributed by atoms with Gasteiger partial charge in [-0.1, -0.05) is 0 Å². The fourth-order valence-electron chi connectivity index (χ4n) is 3.19. The second-order valence-electron chi connectivity index (χ2n) is 6.41. The Morgan fingerprint density at radius 2 is 1.96 bits per heavy atom. The number of benzene rings is 2. The predicted octanol–water partition coefficient (Wildman–Crippen LogP) is 3.68. The number of methoxy groups -OCH3 is 2. The molecule has 1 saturated heterocycles. The molecule has 7 nitrogen and oxygen atoms in total. The highest BCUT2D eigenvalue weighted by atomic mass is 16.5. The molecule has 0 aliphatic carbocycles. The number of aromatic amines is 1. The summed E-state index contributed by atoms with van der Waals surface area (Å²) in [6.45, 7) is 0.771. The van der Waals surface area contributed by atoms with Gasteiger partial charge >= 0.3 is 0 Å². The molecule has 2 N–H and O–H groups in total. The Morgan fingerprint density at radius 1 is 1.19 bits per heavy atom. The molecule has 1 aliphatic heterocycles. The molecule has 0 unspecified atom stereocenters. The molecule has 1 amide bonds. The van der Waals surface area contributed by atoms with Crippen LogP contribution in [0.15, 0.2) is 36.4 Å². The monoisotopic (exact) mass is 367 g/mol. The van der Waals surface area contributed by atoms with E-state index in [9.17, 15) is 4.79 Å². The van der Waals surface area contributed by atoms with Crippen molar-refractivity contribution in [3.8, 4) is 11.5 Å². The summed E-state index contributed by atoms with van der Waals surface area (Å²) in [4.78, 5) is 20.5. The van der Waals surface area contributed by atoms with E-state index in [1.807, 2.05) is 18.2 Å². The lowest BCUT2D eigenvalue weighted by atomic mass is 10.1. The summed E-state index contributed by atoms with van der Waals surface area (Å²) in [7, 11) is 3.10. The molecule has 2 heterocycles. The second-order valence-corrected chi connectivity index (χ2v) is 6.41. The van der Waals surface area contributed by atoms with E-state index in [0.717, 1.165) is 36.3 Å². The lowest BCUT2D eigenvalue weighted by molar-refractivity contribution is 0.102. The van der Waals surface area contributed by atoms with Crippen LogP contribution in [0.3, 0.4) is 0 Å². The summed E-state index contributed by atoms with van der Waals surface area (Å²) < 4.78 is 16.1. The molecule has 1 fully saturated rings. The number of fused-ring (bicyclic) bond motifs is 1. The number of amides is 1. The molecule has 140 valence electrons. The summed E-state index contributed by atoms with van der Waals surface area (Å²) >= 11 is 0. The van der Waals surface area contributed by atoms with Crippen molar-refractivity contribution in [1.29, 1.82) is 0 Å². The van der Waals surface area contributed by atoms with Crippen molar-refractivity contribution >= 4 is 22.6 Å². The zero-order valence-corrected chi connectivity index (χ0v) is 15.2. The number of ether oxygens (including phenoxy) is 3. The molecule has 1 aromatic heterocycles. The maximum absolute atomic E-state index is 12.6. The summed E-state index contributed by atoms with van der Waals surface area (Å²) in [5, 5.41) is 2.90. The first-order valence-electron chi connectivity index (χ1n) is 8.82. The number of nitrogens with one attached hydrogen (secondary N) is 2. The number of carbonyl (C=O) groups excluding carboxylic acids is 1. The van der Waals surface area contributed by atoms with E-state index in [-0.39, 0.29) is 12.0 Å². The Kier molecular flexibility index (Phi) is 4.68. The van der Waals surface area contributed by atoms with Gasteiger partial charge in [0.2, 0.25) is 0 Å². The van der Waals surface area contributed by atoms with Crippen LogP contribution in [0.2, 0.25) is 0 Å². The highest BCUT2D eigenvalue weighted by molar-refractivity contribution is 6.05. The van der Waals surface area contributed by atoms with Crippen LogP contribution in [0, 0.1) is 0 Å². The third-order valence-corrected chi connectivity index (χ3v) is 4.61. The number of rotatable bonds is 5. The lowest BCUT2D eigenvalue weighted by Gasteiger charge is -2.09. The normalized spacial score (nSPS) is 16.4. The number of anilines is 1. The number of hydrogen-bond acceptors (Lipinski definition) is 5. The molecule has 7 heteroatoms. The molecular weight excluding hydrogens is 346 g/mol. The highest BCUT2D eigenvalue weighted by Gasteiger charge is 2.21. The molecule has 27 heavy (non-hydrogen) atoms. The van der Waals surface area contributed by atoms with E-state index in [1.54, 1.807) is 32.4 Å². The van der Waals surface area contributed by atoms with E-state index < -0.39 is 0 Å². The van der Waals surface area contributed by atoms with Crippen LogP contribution in [-0.2, 0) is 4.74 Å². The Bertz CT molecular complexity index is 954. The van der Waals surface area contributed by atoms with Crippen LogP contribution < -0.4 is 14.8 Å². The number of carbonyl (C=O) groups is 1. The standard InChI is InChI=1S/C20H21N3O4/c1-25-14-8-12(9-15(11-14)26-2)20(24)21-13-5-6-16-17(10-13)23-19(22-16)18-4-3-7-27-18/h5-6,8-11,18H,3-4,7H2,1-2H3,(H,21,24)(H,22,23)/t18-/m1/s1. The lowest BCUT2D eigenvalue weighted by Crippen LogP contribution is -2.12. The Labute approximate surface area is 156 Å². The minimum Gasteiger partial charge on any atom is -0.497 e. The number of aromatic nitrogens is 2. The van der Waals surface area contributed by atoms with Crippen LogP contribution >= 0.6 is 0 Å². The van der Waals surface area contributed by atoms with E-state index in [2.05, 4.69) is 15.3 Å². The first-order valence-corrected chi connectivity index (χ1v) is 8.82. The zero-order valence-electron chi connectivity index (χ0n) is 15.2. The van der Waals surface area contributed by atoms with Crippen molar-refractivity contribution < 1.29 is 19.0 Å². The molecule has 2 aromatic carbocycles. The number of H-pyrrole nitrogens is 1. The largest absolute Gasteiger partial charge is 0.497 e. The van der Waals surface area contributed by atoms with Crippen LogP contribution in [0.4, 0.5) is 5.69 Å². The molecular formula is C20H21N3O4. The molecule has 3 aromatic rings. The second kappa shape index (κ2) is 7.28. The van der Waals surface area contributed by atoms with Gasteiger partial charge in [-0.2, -0.15) is 0 Å². The summed E-state index contributed by atoms with van der Waals surface area (Å²) in [5.41, 5.74) is 2.84. The van der Waals surface area contributed by atoms with Crippen LogP contribution in [0.1, 0.15) is 35.1 Å². The SMILES string of the molecule is COc1cc(OC)cc(C(=O)Nc2ccc3nc([C@H]4CCCO4)[nH]c3c2)c1. The van der Waals surface area contributed by atoms with Crippen molar-refractivity contribution in [1.82, 2.24) is 9.97 Å². The Hall–Kier alpha value is -3.06. The molecule has 1 atom stereocenters. The van der Waals surface area contributed by atoms with Gasteiger partial charge in [-0.15, -0.1) is 0 Å². The van der Waals surface area contributed by atoms with Crippen LogP contribution in [0.5, 0.6) is 11.5 Å². The van der Waals surface area contributed by atoms with E-state index in [0.29, 0.717) is 22.7 Å². The Morgan fingerprint density at radius 3 is 2.63 bits per heavy atom. The quantitative estimate of drug-likeness (QED) is 0.718. The van der Waals surface area contributed by atoms with E-state index in [4.69, 9.17) is 14.2 Å². The molecule has 0 bridgehead atoms. The fourth-order valence-corrected chi connectivity index (χ4v) is 3.19. The maximum Gasteiger partial charge on any atom is 0.255 e. The summed E-state index contributed by atoms with van der Waals surface area (Å²) in [5.74, 6) is 1.71.